The second kappa shape index (κ2) is 9.31. The third-order valence-electron chi connectivity index (χ3n) is 3.40. The average Bonchev–Trinajstić information content (AvgIpc) is 2.62. The molecule has 122 valence electrons. The van der Waals surface area contributed by atoms with Gasteiger partial charge in [0.2, 0.25) is 0 Å². The molecule has 0 unspecified atom stereocenters. The molecule has 2 nitrogen and oxygen atoms in total. The highest BCUT2D eigenvalue weighted by atomic mass is 16.5. The standard InChI is InChI=1S/C14H12O2.C8H10/c15-14(13-9-5-2-6-10-13)16-11-12-7-3-1-4-8-12;1-7-4-3-5-8(2)6-7/h1-10H,11H2;3-6H,1-2H3. The van der Waals surface area contributed by atoms with Crippen molar-refractivity contribution in [3.8, 4) is 0 Å². The van der Waals surface area contributed by atoms with E-state index in [2.05, 4.69) is 38.1 Å². The number of hydrogen-bond acceptors (Lipinski definition) is 2. The molecule has 3 aromatic carbocycles. The molecule has 0 aliphatic rings. The molecule has 0 heterocycles. The number of benzene rings is 3. The van der Waals surface area contributed by atoms with E-state index in [9.17, 15) is 4.79 Å². The van der Waals surface area contributed by atoms with Gasteiger partial charge in [-0.1, -0.05) is 83.9 Å². The van der Waals surface area contributed by atoms with E-state index in [4.69, 9.17) is 4.74 Å². The van der Waals surface area contributed by atoms with Gasteiger partial charge < -0.3 is 4.74 Å². The third-order valence-corrected chi connectivity index (χ3v) is 3.40. The van der Waals surface area contributed by atoms with Crippen LogP contribution in [0, 0.1) is 13.8 Å². The summed E-state index contributed by atoms with van der Waals surface area (Å²) in [4.78, 5) is 11.6. The van der Waals surface area contributed by atoms with Crippen molar-refractivity contribution in [2.45, 2.75) is 20.5 Å². The van der Waals surface area contributed by atoms with Crippen molar-refractivity contribution in [1.29, 1.82) is 0 Å². The minimum atomic E-state index is -0.288. The van der Waals surface area contributed by atoms with Gasteiger partial charge >= 0.3 is 5.97 Å². The Balaban J connectivity index is 0.000000219. The summed E-state index contributed by atoms with van der Waals surface area (Å²) in [6, 6.07) is 27.1. The first-order valence-corrected chi connectivity index (χ1v) is 7.94. The number of ether oxygens (including phenoxy) is 1. The highest BCUT2D eigenvalue weighted by Crippen LogP contribution is 2.05. The Hall–Kier alpha value is -2.87. The van der Waals surface area contributed by atoms with Gasteiger partial charge in [-0.2, -0.15) is 0 Å². The van der Waals surface area contributed by atoms with E-state index in [0.29, 0.717) is 12.2 Å². The maximum Gasteiger partial charge on any atom is 0.338 e. The molecule has 0 spiro atoms. The minimum absolute atomic E-state index is 0.288. The summed E-state index contributed by atoms with van der Waals surface area (Å²) in [6.45, 7) is 4.52. The molecule has 0 atom stereocenters. The fourth-order valence-electron chi connectivity index (χ4n) is 2.19. The smallest absolute Gasteiger partial charge is 0.338 e. The number of carbonyl (C=O) groups excluding carboxylic acids is 1. The zero-order chi connectivity index (χ0) is 17.2. The highest BCUT2D eigenvalue weighted by Gasteiger charge is 2.05. The van der Waals surface area contributed by atoms with Gasteiger partial charge in [-0.15, -0.1) is 0 Å². The number of carbonyl (C=O) groups is 1. The van der Waals surface area contributed by atoms with Crippen molar-refractivity contribution in [2.75, 3.05) is 0 Å². The van der Waals surface area contributed by atoms with Crippen LogP contribution in [-0.2, 0) is 11.3 Å². The van der Waals surface area contributed by atoms with Crippen LogP contribution in [0.25, 0.3) is 0 Å². The van der Waals surface area contributed by atoms with Crippen LogP contribution in [0.2, 0.25) is 0 Å². The number of hydrogen-bond donors (Lipinski definition) is 0. The molecule has 0 radical (unpaired) electrons. The predicted molar refractivity (Wildman–Crippen MR) is 97.9 cm³/mol. The molecule has 0 N–H and O–H groups in total. The zero-order valence-corrected chi connectivity index (χ0v) is 14.1. The maximum absolute atomic E-state index is 11.6. The lowest BCUT2D eigenvalue weighted by atomic mass is 10.2. The van der Waals surface area contributed by atoms with Gasteiger partial charge in [-0.25, -0.2) is 4.79 Å². The lowest BCUT2D eigenvalue weighted by Crippen LogP contribution is -2.04. The Kier molecular flexibility index (Phi) is 6.78. The average molecular weight is 318 g/mol. The van der Waals surface area contributed by atoms with Crippen molar-refractivity contribution in [3.63, 3.8) is 0 Å². The van der Waals surface area contributed by atoms with Crippen molar-refractivity contribution in [1.82, 2.24) is 0 Å². The van der Waals surface area contributed by atoms with Crippen LogP contribution in [0.4, 0.5) is 0 Å². The zero-order valence-electron chi connectivity index (χ0n) is 14.1. The van der Waals surface area contributed by atoms with E-state index < -0.39 is 0 Å². The Morgan fingerprint density at radius 3 is 1.79 bits per heavy atom. The van der Waals surface area contributed by atoms with Crippen LogP contribution >= 0.6 is 0 Å². The van der Waals surface area contributed by atoms with E-state index in [1.165, 1.54) is 11.1 Å². The van der Waals surface area contributed by atoms with Gasteiger partial charge in [0.05, 0.1) is 5.56 Å². The van der Waals surface area contributed by atoms with E-state index in [-0.39, 0.29) is 5.97 Å². The Bertz CT molecular complexity index is 732. The summed E-state index contributed by atoms with van der Waals surface area (Å²) in [5.41, 5.74) is 4.25. The highest BCUT2D eigenvalue weighted by molar-refractivity contribution is 5.89. The summed E-state index contributed by atoms with van der Waals surface area (Å²) in [7, 11) is 0. The van der Waals surface area contributed by atoms with Crippen LogP contribution in [0.3, 0.4) is 0 Å². The van der Waals surface area contributed by atoms with Crippen molar-refractivity contribution in [2.24, 2.45) is 0 Å². The molecule has 24 heavy (non-hydrogen) atoms. The molecule has 3 rings (SSSR count). The molecule has 0 aliphatic carbocycles. The van der Waals surface area contributed by atoms with E-state index in [1.54, 1.807) is 12.1 Å². The third kappa shape index (κ3) is 6.09. The number of aryl methyl sites for hydroxylation is 2. The van der Waals surface area contributed by atoms with Gasteiger partial charge in [0.1, 0.15) is 6.61 Å². The molecule has 0 amide bonds. The van der Waals surface area contributed by atoms with Gasteiger partial charge in [0.15, 0.2) is 0 Å². The maximum atomic E-state index is 11.6. The van der Waals surface area contributed by atoms with Gasteiger partial charge in [-0.3, -0.25) is 0 Å². The fraction of sp³-hybridized carbons (Fsp3) is 0.136. The van der Waals surface area contributed by atoms with Gasteiger partial charge in [-0.05, 0) is 31.5 Å². The summed E-state index contributed by atoms with van der Waals surface area (Å²) in [5, 5.41) is 0. The van der Waals surface area contributed by atoms with Crippen molar-refractivity contribution >= 4 is 5.97 Å². The molecule has 0 aromatic heterocycles. The summed E-state index contributed by atoms with van der Waals surface area (Å²) in [6.07, 6.45) is 0. The predicted octanol–water partition coefficient (Wildman–Crippen LogP) is 5.35. The Morgan fingerprint density at radius 1 is 0.750 bits per heavy atom. The molecule has 3 aromatic rings. The summed E-state index contributed by atoms with van der Waals surface area (Å²) < 4.78 is 5.18. The molecule has 0 saturated heterocycles. The molecule has 2 heteroatoms. The minimum Gasteiger partial charge on any atom is -0.457 e. The van der Waals surface area contributed by atoms with E-state index in [0.717, 1.165) is 5.56 Å². The number of esters is 1. The van der Waals surface area contributed by atoms with Gasteiger partial charge in [0, 0.05) is 0 Å². The normalized spacial score (nSPS) is 9.58. The lowest BCUT2D eigenvalue weighted by molar-refractivity contribution is 0.0472. The SMILES string of the molecule is Cc1cccc(C)c1.O=C(OCc1ccccc1)c1ccccc1. The molecular weight excluding hydrogens is 296 g/mol. The Morgan fingerprint density at radius 2 is 1.29 bits per heavy atom. The summed E-state index contributed by atoms with van der Waals surface area (Å²) in [5.74, 6) is -0.288. The summed E-state index contributed by atoms with van der Waals surface area (Å²) >= 11 is 0. The molecule has 0 aliphatic heterocycles. The Labute approximate surface area is 143 Å². The van der Waals surface area contributed by atoms with Crippen LogP contribution < -0.4 is 0 Å². The lowest BCUT2D eigenvalue weighted by Gasteiger charge is -2.04. The van der Waals surface area contributed by atoms with Crippen LogP contribution in [0.5, 0.6) is 0 Å². The second-order valence-electron chi connectivity index (χ2n) is 5.59. The molecular formula is C22H22O2. The van der Waals surface area contributed by atoms with Crippen LogP contribution in [0.1, 0.15) is 27.0 Å². The molecule has 0 fully saturated rings. The van der Waals surface area contributed by atoms with E-state index in [1.807, 2.05) is 48.5 Å². The first-order chi connectivity index (χ1) is 11.6. The topological polar surface area (TPSA) is 26.3 Å². The van der Waals surface area contributed by atoms with Crippen LogP contribution in [-0.4, -0.2) is 5.97 Å². The van der Waals surface area contributed by atoms with Crippen LogP contribution in [0.15, 0.2) is 84.9 Å². The quantitative estimate of drug-likeness (QED) is 0.609. The van der Waals surface area contributed by atoms with Crippen molar-refractivity contribution in [3.05, 3.63) is 107 Å². The van der Waals surface area contributed by atoms with Crippen molar-refractivity contribution < 1.29 is 9.53 Å². The molecule has 0 saturated carbocycles. The first kappa shape index (κ1) is 17.5. The van der Waals surface area contributed by atoms with E-state index >= 15 is 0 Å². The number of rotatable bonds is 3. The van der Waals surface area contributed by atoms with Gasteiger partial charge in [0.25, 0.3) is 0 Å². The first-order valence-electron chi connectivity index (χ1n) is 7.94. The molecule has 0 bridgehead atoms. The second-order valence-corrected chi connectivity index (χ2v) is 5.59. The fourth-order valence-corrected chi connectivity index (χ4v) is 2.19. The monoisotopic (exact) mass is 318 g/mol. The largest absolute Gasteiger partial charge is 0.457 e.